The fraction of sp³-hybridized carbons (Fsp3) is 0.192. The van der Waals surface area contributed by atoms with Crippen molar-refractivity contribution >= 4 is 23.1 Å². The predicted molar refractivity (Wildman–Crippen MR) is 125 cm³/mol. The molecule has 0 atom stereocenters. The molecule has 4 rings (SSSR count). The minimum absolute atomic E-state index is 0.156. The van der Waals surface area contributed by atoms with Crippen molar-refractivity contribution < 1.29 is 14.3 Å². The maximum atomic E-state index is 13.1. The summed E-state index contributed by atoms with van der Waals surface area (Å²) in [5, 5.41) is 6.29. The Morgan fingerprint density at radius 3 is 2.66 bits per heavy atom. The van der Waals surface area contributed by atoms with Crippen LogP contribution in [0.1, 0.15) is 45.7 Å². The number of fused-ring (bicyclic) bond motifs is 1. The first kappa shape index (κ1) is 21.3. The van der Waals surface area contributed by atoms with E-state index in [1.165, 1.54) is 6.20 Å². The third-order valence-corrected chi connectivity index (χ3v) is 5.32. The molecule has 0 unspecified atom stereocenters. The molecule has 0 bridgehead atoms. The lowest BCUT2D eigenvalue weighted by atomic mass is 9.85. The number of ether oxygens (including phenoxy) is 1. The lowest BCUT2D eigenvalue weighted by Crippen LogP contribution is -2.43. The number of carbonyl (C=O) groups is 2. The number of nitrogens with zero attached hydrogens (tertiary/aromatic N) is 1. The molecule has 6 nitrogen and oxygen atoms in total. The molecule has 1 aromatic heterocycles. The minimum atomic E-state index is -0.280. The van der Waals surface area contributed by atoms with Crippen LogP contribution in [-0.2, 0) is 6.42 Å². The minimum Gasteiger partial charge on any atom is -0.497 e. The van der Waals surface area contributed by atoms with Crippen LogP contribution in [0.3, 0.4) is 0 Å². The van der Waals surface area contributed by atoms with Gasteiger partial charge in [-0.05, 0) is 62.2 Å². The average Bonchev–Trinajstić information content (AvgIpc) is 2.79. The van der Waals surface area contributed by atoms with Gasteiger partial charge in [0, 0.05) is 46.5 Å². The first-order valence-electron chi connectivity index (χ1n) is 10.4. The Morgan fingerprint density at radius 2 is 1.91 bits per heavy atom. The van der Waals surface area contributed by atoms with Crippen molar-refractivity contribution in [2.24, 2.45) is 0 Å². The second kappa shape index (κ2) is 8.67. The Balaban J connectivity index is 1.61. The molecule has 0 saturated heterocycles. The zero-order valence-corrected chi connectivity index (χ0v) is 18.3. The first-order chi connectivity index (χ1) is 15.3. The molecule has 0 aliphatic carbocycles. The molecular formula is C26H25N3O3. The van der Waals surface area contributed by atoms with Crippen LogP contribution in [0, 0.1) is 0 Å². The molecule has 1 aliphatic rings. The van der Waals surface area contributed by atoms with Gasteiger partial charge >= 0.3 is 0 Å². The number of rotatable bonds is 5. The summed E-state index contributed by atoms with van der Waals surface area (Å²) >= 11 is 0. The quantitative estimate of drug-likeness (QED) is 0.463. The Kier molecular flexibility index (Phi) is 5.77. The Hall–Kier alpha value is -3.93. The zero-order chi connectivity index (χ0) is 22.7. The number of pyridine rings is 1. The number of ketones is 1. The monoisotopic (exact) mass is 427 g/mol. The fourth-order valence-electron chi connectivity index (χ4n) is 3.82. The maximum absolute atomic E-state index is 13.1. The largest absolute Gasteiger partial charge is 0.497 e. The van der Waals surface area contributed by atoms with Crippen molar-refractivity contribution in [1.82, 2.24) is 10.3 Å². The molecule has 3 aromatic rings. The maximum Gasteiger partial charge on any atom is 0.257 e. The number of methoxy groups -OCH3 is 1. The van der Waals surface area contributed by atoms with Gasteiger partial charge in [0.05, 0.1) is 12.7 Å². The lowest BCUT2D eigenvalue weighted by molar-refractivity contribution is 0.102. The molecule has 0 spiro atoms. The van der Waals surface area contributed by atoms with Gasteiger partial charge in [0.2, 0.25) is 0 Å². The van der Waals surface area contributed by atoms with Crippen LogP contribution in [0.2, 0.25) is 0 Å². The molecule has 0 saturated carbocycles. The number of amides is 1. The third kappa shape index (κ3) is 4.70. The van der Waals surface area contributed by atoms with Gasteiger partial charge in [-0.2, -0.15) is 0 Å². The van der Waals surface area contributed by atoms with E-state index in [1.54, 1.807) is 55.8 Å². The Labute approximate surface area is 187 Å². The summed E-state index contributed by atoms with van der Waals surface area (Å²) in [6, 6.07) is 16.2. The van der Waals surface area contributed by atoms with E-state index >= 15 is 0 Å². The molecule has 2 N–H and O–H groups in total. The molecule has 2 heterocycles. The highest BCUT2D eigenvalue weighted by Gasteiger charge is 2.28. The summed E-state index contributed by atoms with van der Waals surface area (Å²) in [6.07, 6.45) is 5.56. The van der Waals surface area contributed by atoms with Gasteiger partial charge in [0.15, 0.2) is 5.78 Å². The van der Waals surface area contributed by atoms with E-state index in [1.807, 2.05) is 18.2 Å². The number of allylic oxidation sites excluding steroid dienone is 1. The van der Waals surface area contributed by atoms with Crippen molar-refractivity contribution in [3.63, 3.8) is 0 Å². The van der Waals surface area contributed by atoms with E-state index in [-0.39, 0.29) is 17.2 Å². The second-order valence-electron chi connectivity index (χ2n) is 8.41. The van der Waals surface area contributed by atoms with Crippen LogP contribution >= 0.6 is 0 Å². The number of anilines is 1. The van der Waals surface area contributed by atoms with E-state index in [9.17, 15) is 9.59 Å². The van der Waals surface area contributed by atoms with Crippen LogP contribution in [0.4, 0.5) is 5.69 Å². The van der Waals surface area contributed by atoms with Crippen molar-refractivity contribution in [2.75, 3.05) is 12.4 Å². The van der Waals surface area contributed by atoms with Crippen LogP contribution in [0.5, 0.6) is 5.75 Å². The van der Waals surface area contributed by atoms with E-state index in [0.29, 0.717) is 16.8 Å². The van der Waals surface area contributed by atoms with Gasteiger partial charge in [-0.25, -0.2) is 0 Å². The zero-order valence-electron chi connectivity index (χ0n) is 18.3. The predicted octanol–water partition coefficient (Wildman–Crippen LogP) is 4.49. The SMILES string of the molecule is COc1ccc2c(c1)C(=CC(=O)c1cccc(NC(=O)c3cccnc3)c1)NC(C)(C)C2. The fourth-order valence-corrected chi connectivity index (χ4v) is 3.82. The highest BCUT2D eigenvalue weighted by Crippen LogP contribution is 2.32. The summed E-state index contributed by atoms with van der Waals surface area (Å²) in [4.78, 5) is 29.5. The summed E-state index contributed by atoms with van der Waals surface area (Å²) in [7, 11) is 1.63. The highest BCUT2D eigenvalue weighted by atomic mass is 16.5. The summed E-state index contributed by atoms with van der Waals surface area (Å²) in [6.45, 7) is 4.21. The summed E-state index contributed by atoms with van der Waals surface area (Å²) < 4.78 is 5.37. The number of aromatic nitrogens is 1. The number of hydrogen-bond acceptors (Lipinski definition) is 5. The van der Waals surface area contributed by atoms with Crippen molar-refractivity contribution in [3.8, 4) is 5.75 Å². The van der Waals surface area contributed by atoms with Crippen LogP contribution in [0.25, 0.3) is 5.70 Å². The number of carbonyl (C=O) groups excluding carboxylic acids is 2. The molecule has 32 heavy (non-hydrogen) atoms. The normalized spacial score (nSPS) is 15.4. The molecule has 0 fully saturated rings. The van der Waals surface area contributed by atoms with Gasteiger partial charge in [-0.15, -0.1) is 0 Å². The molecule has 1 aliphatic heterocycles. The molecule has 1 amide bonds. The topological polar surface area (TPSA) is 80.3 Å². The van der Waals surface area contributed by atoms with E-state index < -0.39 is 0 Å². The third-order valence-electron chi connectivity index (χ3n) is 5.32. The Morgan fingerprint density at radius 1 is 1.09 bits per heavy atom. The highest BCUT2D eigenvalue weighted by molar-refractivity contribution is 6.10. The lowest BCUT2D eigenvalue weighted by Gasteiger charge is -2.35. The molecule has 6 heteroatoms. The second-order valence-corrected chi connectivity index (χ2v) is 8.41. The molecular weight excluding hydrogens is 402 g/mol. The molecule has 0 radical (unpaired) electrons. The van der Waals surface area contributed by atoms with Gasteiger partial charge in [-0.1, -0.05) is 18.2 Å². The number of nitrogens with one attached hydrogen (secondary N) is 2. The molecule has 2 aromatic carbocycles. The average molecular weight is 428 g/mol. The van der Waals surface area contributed by atoms with Crippen LogP contribution in [0.15, 0.2) is 73.1 Å². The van der Waals surface area contributed by atoms with Gasteiger partial charge in [0.1, 0.15) is 5.75 Å². The van der Waals surface area contributed by atoms with E-state index in [0.717, 1.165) is 29.0 Å². The van der Waals surface area contributed by atoms with Gasteiger partial charge in [0.25, 0.3) is 5.91 Å². The van der Waals surface area contributed by atoms with Crippen molar-refractivity contribution in [1.29, 1.82) is 0 Å². The number of hydrogen-bond donors (Lipinski definition) is 2. The van der Waals surface area contributed by atoms with E-state index in [2.05, 4.69) is 29.5 Å². The smallest absolute Gasteiger partial charge is 0.257 e. The van der Waals surface area contributed by atoms with Gasteiger partial charge in [-0.3, -0.25) is 14.6 Å². The standard InChI is InChI=1S/C26H25N3O3/c1-26(2)15-18-9-10-21(32-3)13-22(18)23(29-26)14-24(30)17-6-4-8-20(12-17)28-25(31)19-7-5-11-27-16-19/h4-14,16,29H,15H2,1-3H3,(H,28,31). The van der Waals surface area contributed by atoms with Crippen molar-refractivity contribution in [3.05, 3.63) is 95.3 Å². The van der Waals surface area contributed by atoms with E-state index in [4.69, 9.17) is 4.74 Å². The Bertz CT molecular complexity index is 1200. The first-order valence-corrected chi connectivity index (χ1v) is 10.4. The van der Waals surface area contributed by atoms with Crippen molar-refractivity contribution in [2.45, 2.75) is 25.8 Å². The summed E-state index contributed by atoms with van der Waals surface area (Å²) in [5.74, 6) is 0.304. The van der Waals surface area contributed by atoms with Crippen LogP contribution in [-0.4, -0.2) is 29.3 Å². The number of benzene rings is 2. The van der Waals surface area contributed by atoms with Crippen LogP contribution < -0.4 is 15.4 Å². The van der Waals surface area contributed by atoms with Gasteiger partial charge < -0.3 is 15.4 Å². The summed E-state index contributed by atoms with van der Waals surface area (Å²) in [5.41, 5.74) is 4.16. The molecule has 162 valence electrons.